The number of hydrogen-bond acceptors (Lipinski definition) is 7. The zero-order valence-corrected chi connectivity index (χ0v) is 26.5. The number of amides is 1. The summed E-state index contributed by atoms with van der Waals surface area (Å²) in [6.45, 7) is 7.16. The molecule has 0 radical (unpaired) electrons. The summed E-state index contributed by atoms with van der Waals surface area (Å²) in [5, 5.41) is 6.96. The normalized spacial score (nSPS) is 14.9. The molecule has 3 heterocycles. The monoisotopic (exact) mass is 673 g/mol. The number of carbonyl (C=O) groups excluding carboxylic acids is 1. The first-order valence-corrected chi connectivity index (χ1v) is 14.6. The van der Waals surface area contributed by atoms with E-state index in [0.29, 0.717) is 34.9 Å². The highest BCUT2D eigenvalue weighted by atomic mass is 19.4. The van der Waals surface area contributed by atoms with Crippen molar-refractivity contribution in [3.8, 4) is 28.5 Å². The van der Waals surface area contributed by atoms with Crippen LogP contribution in [0, 0.1) is 6.92 Å². The molecule has 3 aromatic carbocycles. The number of alkyl halides is 5. The van der Waals surface area contributed by atoms with Crippen molar-refractivity contribution in [3.63, 3.8) is 0 Å². The van der Waals surface area contributed by atoms with E-state index in [2.05, 4.69) is 19.9 Å². The number of para-hydroxylation sites is 1. The van der Waals surface area contributed by atoms with Crippen molar-refractivity contribution in [2.24, 2.45) is 5.73 Å². The summed E-state index contributed by atoms with van der Waals surface area (Å²) in [5.41, 5.74) is 7.58. The number of H-pyrrole nitrogens is 2. The number of hydrogen-bond donors (Lipinski definition) is 3. The highest BCUT2D eigenvalue weighted by Gasteiger charge is 2.45. The molecule has 10 nitrogen and oxygen atoms in total. The average Bonchev–Trinajstić information content (AvgIpc) is 3.62. The fourth-order valence-electron chi connectivity index (χ4n) is 5.15. The van der Waals surface area contributed by atoms with Gasteiger partial charge < -0.3 is 24.5 Å². The lowest BCUT2D eigenvalue weighted by Crippen LogP contribution is -2.38. The topological polar surface area (TPSA) is 139 Å². The first kappa shape index (κ1) is 34.2. The molecule has 0 spiro atoms. The van der Waals surface area contributed by atoms with E-state index in [1.807, 2.05) is 20.8 Å². The van der Waals surface area contributed by atoms with Crippen molar-refractivity contribution in [1.29, 1.82) is 0 Å². The molecule has 0 bridgehead atoms. The molecule has 5 aromatic rings. The third kappa shape index (κ3) is 7.85. The number of rotatable bonds is 7. The Morgan fingerprint density at radius 1 is 0.958 bits per heavy atom. The lowest BCUT2D eigenvalue weighted by Gasteiger charge is -2.28. The second-order valence-corrected chi connectivity index (χ2v) is 12.5. The van der Waals surface area contributed by atoms with E-state index in [1.165, 1.54) is 19.1 Å². The van der Waals surface area contributed by atoms with E-state index in [4.69, 9.17) is 14.9 Å². The number of ether oxygens (including phenoxy) is 2. The largest absolute Gasteiger partial charge is 0.573 e. The molecule has 0 aliphatic carbocycles. The summed E-state index contributed by atoms with van der Waals surface area (Å²) in [7, 11) is 0. The Hall–Kier alpha value is -5.18. The maximum atomic E-state index is 14.3. The Morgan fingerprint density at radius 2 is 1.60 bits per heavy atom. The molecule has 2 aromatic heterocycles. The molecule has 1 aliphatic rings. The van der Waals surface area contributed by atoms with Crippen molar-refractivity contribution in [2.45, 2.75) is 58.5 Å². The molecule has 254 valence electrons. The number of aromatic nitrogens is 3. The number of nitrogens with one attached hydrogen (secondary N) is 2. The highest BCUT2D eigenvalue weighted by molar-refractivity contribution is 6.02. The van der Waals surface area contributed by atoms with Crippen LogP contribution in [0.2, 0.25) is 0 Å². The fraction of sp³-hybridized carbons (Fsp3) is 0.303. The molecule has 15 heteroatoms. The van der Waals surface area contributed by atoms with Crippen molar-refractivity contribution >= 4 is 17.0 Å². The van der Waals surface area contributed by atoms with Gasteiger partial charge in [0.15, 0.2) is 5.58 Å². The van der Waals surface area contributed by atoms with Gasteiger partial charge in [0.1, 0.15) is 28.6 Å². The van der Waals surface area contributed by atoms with Crippen LogP contribution in [0.1, 0.15) is 60.9 Å². The smallest absolute Gasteiger partial charge is 0.457 e. The second-order valence-electron chi connectivity index (χ2n) is 12.5. The molecule has 1 amide bonds. The van der Waals surface area contributed by atoms with Crippen LogP contribution < -0.4 is 21.0 Å². The number of nitrogens with two attached hydrogens (primary N) is 1. The van der Waals surface area contributed by atoms with E-state index in [0.717, 1.165) is 11.0 Å². The molecular formula is C33H32F5N5O5. The molecular weight excluding hydrogens is 641 g/mol. The summed E-state index contributed by atoms with van der Waals surface area (Å²) in [4.78, 5) is 28.8. The summed E-state index contributed by atoms with van der Waals surface area (Å²) < 4.78 is 81.5. The van der Waals surface area contributed by atoms with Crippen LogP contribution in [0.5, 0.6) is 17.2 Å². The molecule has 0 saturated carbocycles. The van der Waals surface area contributed by atoms with Crippen LogP contribution in [0.3, 0.4) is 0 Å². The standard InChI is InChI=1S/C29H21F5N4O5.C4H11N/c1-14-12-17(10-11-20(14)43-29(32,33)34)41-16-8-6-15(7-9-16)24-21-22(18-4-3-5-19-25(18)42-27(40)35-19)36-37-23(21)26(39)38(24)13-28(2,30)31;1-4(2,3)5/h3-12,24H,13H2,1-2H3,(H,35,40)(H,36,37);5H2,1-3H3. The first-order valence-electron chi connectivity index (χ1n) is 14.6. The van der Waals surface area contributed by atoms with Gasteiger partial charge in [-0.15, -0.1) is 13.2 Å². The van der Waals surface area contributed by atoms with Gasteiger partial charge in [0.2, 0.25) is 0 Å². The van der Waals surface area contributed by atoms with Gasteiger partial charge in [0.25, 0.3) is 11.8 Å². The van der Waals surface area contributed by atoms with E-state index in [1.54, 1.807) is 42.5 Å². The number of oxazole rings is 1. The SMILES string of the molecule is CC(C)(C)N.Cc1cc(Oc2ccc(C3c4c(-c5cccc6[nH]c(=O)oc56)n[nH]c4C(=O)N3CC(C)(F)F)cc2)ccc1OC(F)(F)F. The van der Waals surface area contributed by atoms with Gasteiger partial charge in [0.05, 0.1) is 18.1 Å². The molecule has 1 aliphatic heterocycles. The third-order valence-electron chi connectivity index (χ3n) is 6.82. The van der Waals surface area contributed by atoms with Crippen molar-refractivity contribution in [1.82, 2.24) is 20.1 Å². The summed E-state index contributed by atoms with van der Waals surface area (Å²) >= 11 is 0. The minimum Gasteiger partial charge on any atom is -0.457 e. The maximum Gasteiger partial charge on any atom is 0.573 e. The molecule has 1 atom stereocenters. The lowest BCUT2D eigenvalue weighted by atomic mass is 9.95. The first-order chi connectivity index (χ1) is 22.3. The van der Waals surface area contributed by atoms with Crippen molar-refractivity contribution < 1.29 is 40.6 Å². The number of halogens is 5. The lowest BCUT2D eigenvalue weighted by molar-refractivity contribution is -0.274. The molecule has 4 N–H and O–H groups in total. The molecule has 6 rings (SSSR count). The van der Waals surface area contributed by atoms with Gasteiger partial charge >= 0.3 is 12.1 Å². The summed E-state index contributed by atoms with van der Waals surface area (Å²) in [6.07, 6.45) is -4.84. The Balaban J connectivity index is 0.000000840. The summed E-state index contributed by atoms with van der Waals surface area (Å²) in [6, 6.07) is 14.0. The zero-order chi connectivity index (χ0) is 35.2. The van der Waals surface area contributed by atoms with Crippen LogP contribution in [0.25, 0.3) is 22.4 Å². The van der Waals surface area contributed by atoms with E-state index in [9.17, 15) is 31.5 Å². The van der Waals surface area contributed by atoms with Crippen LogP contribution in [-0.4, -0.2) is 50.4 Å². The zero-order valence-electron chi connectivity index (χ0n) is 26.5. The Bertz CT molecular complexity index is 2000. The van der Waals surface area contributed by atoms with Gasteiger partial charge in [-0.3, -0.25) is 14.9 Å². The number of aromatic amines is 2. The quantitative estimate of drug-likeness (QED) is 0.153. The third-order valence-corrected chi connectivity index (χ3v) is 6.82. The number of benzene rings is 3. The number of aryl methyl sites for hydroxylation is 1. The van der Waals surface area contributed by atoms with Gasteiger partial charge in [-0.2, -0.15) is 5.10 Å². The maximum absolute atomic E-state index is 14.3. The Labute approximate surface area is 270 Å². The van der Waals surface area contributed by atoms with E-state index < -0.39 is 36.5 Å². The number of nitrogens with zero attached hydrogens (tertiary/aromatic N) is 2. The molecule has 0 fully saturated rings. The predicted molar refractivity (Wildman–Crippen MR) is 166 cm³/mol. The Kier molecular flexibility index (Phi) is 8.86. The van der Waals surface area contributed by atoms with Gasteiger partial charge in [-0.1, -0.05) is 18.2 Å². The fourth-order valence-corrected chi connectivity index (χ4v) is 5.15. The number of fused-ring (bicyclic) bond motifs is 2. The Morgan fingerprint density at radius 3 is 2.21 bits per heavy atom. The van der Waals surface area contributed by atoms with Crippen LogP contribution >= 0.6 is 0 Å². The minimum absolute atomic E-state index is 0. The average molecular weight is 674 g/mol. The van der Waals surface area contributed by atoms with Crippen LogP contribution in [0.15, 0.2) is 69.9 Å². The summed E-state index contributed by atoms with van der Waals surface area (Å²) in [5.74, 6) is -4.42. The predicted octanol–water partition coefficient (Wildman–Crippen LogP) is 7.45. The minimum atomic E-state index is -4.84. The van der Waals surface area contributed by atoms with E-state index in [-0.39, 0.29) is 39.6 Å². The van der Waals surface area contributed by atoms with E-state index >= 15 is 0 Å². The van der Waals surface area contributed by atoms with Crippen molar-refractivity contribution in [3.05, 3.63) is 93.6 Å². The van der Waals surface area contributed by atoms with Crippen LogP contribution in [-0.2, 0) is 0 Å². The second kappa shape index (κ2) is 12.4. The molecule has 0 saturated heterocycles. The molecule has 48 heavy (non-hydrogen) atoms. The molecule has 1 unspecified atom stereocenters. The number of carbonyl (C=O) groups is 1. The van der Waals surface area contributed by atoms with Gasteiger partial charge in [-0.05, 0) is 81.3 Å². The highest BCUT2D eigenvalue weighted by Crippen LogP contribution is 2.45. The van der Waals surface area contributed by atoms with Gasteiger partial charge in [0, 0.05) is 23.6 Å². The van der Waals surface area contributed by atoms with Crippen LogP contribution in [0.4, 0.5) is 22.0 Å². The van der Waals surface area contributed by atoms with Crippen molar-refractivity contribution in [2.75, 3.05) is 6.54 Å². The van der Waals surface area contributed by atoms with Gasteiger partial charge in [-0.25, -0.2) is 13.6 Å².